The number of benzene rings is 4. The molecule has 1 unspecified atom stereocenters. The van der Waals surface area contributed by atoms with Crippen LogP contribution in [0, 0.1) is 0 Å². The Morgan fingerprint density at radius 1 is 0.684 bits per heavy atom. The van der Waals surface area contributed by atoms with Crippen LogP contribution in [0.5, 0.6) is 0 Å². The number of carbonyl (C=O) groups excluding carboxylic acids is 1. The second-order valence-electron chi connectivity index (χ2n) is 13.9. The zero-order valence-corrected chi connectivity index (χ0v) is 31.8. The Hall–Kier alpha value is -4.70. The van der Waals surface area contributed by atoms with Gasteiger partial charge in [-0.05, 0) is 22.2 Å². The summed E-state index contributed by atoms with van der Waals surface area (Å²) in [7, 11) is 1.54. The summed E-state index contributed by atoms with van der Waals surface area (Å²) < 4.78 is 63.5. The number of fused-ring (bicyclic) bond motifs is 1. The van der Waals surface area contributed by atoms with Gasteiger partial charge in [0.05, 0.1) is 33.0 Å². The van der Waals surface area contributed by atoms with E-state index in [0.717, 1.165) is 22.3 Å². The quantitative estimate of drug-likeness (QED) is 0.0523. The van der Waals surface area contributed by atoms with Crippen molar-refractivity contribution >= 4 is 5.97 Å². The predicted octanol–water partition coefficient (Wildman–Crippen LogP) is 6.58. The van der Waals surface area contributed by atoms with E-state index in [9.17, 15) is 10.3 Å². The largest absolute Gasteiger partial charge is 0.459 e. The van der Waals surface area contributed by atoms with E-state index in [-0.39, 0.29) is 33.0 Å². The highest BCUT2D eigenvalue weighted by Crippen LogP contribution is 2.38. The molecular formula is C43H47N3O11. The molecule has 0 spiro atoms. The Morgan fingerprint density at radius 3 is 1.77 bits per heavy atom. The Morgan fingerprint density at radius 2 is 1.23 bits per heavy atom. The number of carbonyl (C=O) groups is 1. The summed E-state index contributed by atoms with van der Waals surface area (Å²) in [5, 5.41) is 4.01. The molecule has 57 heavy (non-hydrogen) atoms. The number of methoxy groups -OCH3 is 1. The summed E-state index contributed by atoms with van der Waals surface area (Å²) in [6.07, 6.45) is -8.45. The van der Waals surface area contributed by atoms with Gasteiger partial charge in [0.15, 0.2) is 18.9 Å². The Bertz CT molecular complexity index is 1870. The van der Waals surface area contributed by atoms with Gasteiger partial charge in [-0.25, -0.2) is 0 Å². The monoisotopic (exact) mass is 781 g/mol. The van der Waals surface area contributed by atoms with Crippen LogP contribution in [0.15, 0.2) is 126 Å². The lowest BCUT2D eigenvalue weighted by molar-refractivity contribution is -0.355. The average Bonchev–Trinajstić information content (AvgIpc) is 3.25. The first-order valence-corrected chi connectivity index (χ1v) is 19.0. The lowest BCUT2D eigenvalue weighted by Crippen LogP contribution is -2.64. The van der Waals surface area contributed by atoms with Gasteiger partial charge in [0, 0.05) is 24.5 Å². The molecule has 3 saturated heterocycles. The van der Waals surface area contributed by atoms with E-state index in [1.54, 1.807) is 7.11 Å². The van der Waals surface area contributed by atoms with Gasteiger partial charge in [-0.15, -0.1) is 0 Å². The van der Waals surface area contributed by atoms with Crippen molar-refractivity contribution in [1.29, 1.82) is 0 Å². The van der Waals surface area contributed by atoms with E-state index in [0.29, 0.717) is 0 Å². The van der Waals surface area contributed by atoms with E-state index in [2.05, 4.69) is 10.0 Å². The number of nitrogens with zero attached hydrogens (tertiary/aromatic N) is 3. The first kappa shape index (κ1) is 40.5. The normalized spacial score (nSPS) is 29.8. The lowest BCUT2D eigenvalue weighted by atomic mass is 9.95. The number of azide groups is 1. The number of hydrogen-bond acceptors (Lipinski definition) is 12. The van der Waals surface area contributed by atoms with Crippen LogP contribution in [0.2, 0.25) is 0 Å². The molecule has 4 aromatic rings. The van der Waals surface area contributed by atoms with E-state index in [1.165, 1.54) is 6.92 Å². The highest BCUT2D eigenvalue weighted by Gasteiger charge is 2.54. The summed E-state index contributed by atoms with van der Waals surface area (Å²) in [4.78, 5) is 15.5. The molecule has 0 amide bonds. The molecule has 0 aliphatic carbocycles. The number of esters is 1. The first-order valence-electron chi connectivity index (χ1n) is 19.0. The number of hydrogen-bond donors (Lipinski definition) is 0. The van der Waals surface area contributed by atoms with Crippen molar-refractivity contribution in [3.05, 3.63) is 154 Å². The fraction of sp³-hybridized carbons (Fsp3) is 0.419. The molecule has 14 heteroatoms. The minimum absolute atomic E-state index is 0.0924. The highest BCUT2D eigenvalue weighted by atomic mass is 16.8. The topological polar surface area (TPSA) is 158 Å². The van der Waals surface area contributed by atoms with Crippen LogP contribution in [0.3, 0.4) is 0 Å². The van der Waals surface area contributed by atoms with E-state index in [1.807, 2.05) is 121 Å². The van der Waals surface area contributed by atoms with Gasteiger partial charge in [-0.2, -0.15) is 0 Å². The van der Waals surface area contributed by atoms with Crippen molar-refractivity contribution < 1.29 is 52.2 Å². The fourth-order valence-corrected chi connectivity index (χ4v) is 7.24. The van der Waals surface area contributed by atoms with Gasteiger partial charge in [0.1, 0.15) is 48.8 Å². The lowest BCUT2D eigenvalue weighted by Gasteiger charge is -2.48. The van der Waals surface area contributed by atoms with Crippen molar-refractivity contribution in [2.24, 2.45) is 5.11 Å². The molecule has 14 nitrogen and oxygen atoms in total. The molecule has 0 radical (unpaired) electrons. The van der Waals surface area contributed by atoms with Crippen molar-refractivity contribution in [3.63, 3.8) is 0 Å². The Balaban J connectivity index is 1.15. The SMILES string of the molecule is CO[C@H]1O[C@H](CO[C@@H]2O[C@@H]3COC(c4ccccc4)O[C@@H]3[C@H](OC(C)=O)[C@H]2N=[N+]=[N-])[C@@H](OCc2ccccc2)[C@H](OCc2ccccc2)[C@H]1OCc1ccccc1. The molecule has 3 aliphatic rings. The smallest absolute Gasteiger partial charge is 0.303 e. The summed E-state index contributed by atoms with van der Waals surface area (Å²) in [5.74, 6) is -0.586. The van der Waals surface area contributed by atoms with Gasteiger partial charge in [0.2, 0.25) is 0 Å². The zero-order valence-electron chi connectivity index (χ0n) is 31.8. The van der Waals surface area contributed by atoms with Crippen molar-refractivity contribution in [3.8, 4) is 0 Å². The van der Waals surface area contributed by atoms with Crippen LogP contribution in [-0.4, -0.2) is 87.6 Å². The molecule has 7 rings (SSSR count). The maximum atomic E-state index is 12.5. The van der Waals surface area contributed by atoms with E-state index < -0.39 is 73.6 Å². The average molecular weight is 782 g/mol. The minimum Gasteiger partial charge on any atom is -0.459 e. The summed E-state index contributed by atoms with van der Waals surface area (Å²) >= 11 is 0. The van der Waals surface area contributed by atoms with Crippen LogP contribution >= 0.6 is 0 Å². The van der Waals surface area contributed by atoms with Crippen LogP contribution in [-0.2, 0) is 72.0 Å². The zero-order chi connectivity index (χ0) is 39.4. The van der Waals surface area contributed by atoms with Gasteiger partial charge < -0.3 is 47.4 Å². The van der Waals surface area contributed by atoms with Gasteiger partial charge in [-0.3, -0.25) is 4.79 Å². The summed E-state index contributed by atoms with van der Waals surface area (Å²) in [6, 6.07) is 37.6. The van der Waals surface area contributed by atoms with Gasteiger partial charge in [0.25, 0.3) is 0 Å². The molecular weight excluding hydrogens is 734 g/mol. The predicted molar refractivity (Wildman–Crippen MR) is 204 cm³/mol. The minimum atomic E-state index is -1.19. The van der Waals surface area contributed by atoms with Crippen LogP contribution in [0.25, 0.3) is 10.4 Å². The maximum Gasteiger partial charge on any atom is 0.303 e. The molecule has 0 N–H and O–H groups in total. The first-order chi connectivity index (χ1) is 28.0. The second kappa shape index (κ2) is 20.1. The van der Waals surface area contributed by atoms with Crippen molar-refractivity contribution in [1.82, 2.24) is 0 Å². The molecule has 0 saturated carbocycles. The molecule has 300 valence electrons. The third-order valence-electron chi connectivity index (χ3n) is 9.97. The molecule has 4 aromatic carbocycles. The summed E-state index contributed by atoms with van der Waals surface area (Å²) in [6.45, 7) is 2.00. The van der Waals surface area contributed by atoms with E-state index >= 15 is 0 Å². The highest BCUT2D eigenvalue weighted by molar-refractivity contribution is 5.66. The van der Waals surface area contributed by atoms with Gasteiger partial charge >= 0.3 is 5.97 Å². The summed E-state index contributed by atoms with van der Waals surface area (Å²) in [5.41, 5.74) is 13.4. The molecule has 0 aromatic heterocycles. The van der Waals surface area contributed by atoms with Crippen molar-refractivity contribution in [2.45, 2.75) is 94.4 Å². The molecule has 3 heterocycles. The standard InChI is InChI=1S/C43H47N3O11/c1-28(47)54-38-35(45-46-44)42(55-34-27-52-41(57-37(34)38)32-21-13-6-14-22-32)53-26-33-36(49-23-29-15-7-3-8-16-29)39(50-24-30-17-9-4-10-18-30)40(43(48-2)56-33)51-25-31-19-11-5-12-20-31/h3-22,33-43H,23-27H2,1-2H3/t33-,34-,35-,36-,37+,38-,39+,40-,41?,42-,43+/m1/s1. The van der Waals surface area contributed by atoms with Crippen LogP contribution < -0.4 is 0 Å². The van der Waals surface area contributed by atoms with Gasteiger partial charge in [-0.1, -0.05) is 126 Å². The Kier molecular flexibility index (Phi) is 14.3. The molecule has 11 atom stereocenters. The molecule has 3 fully saturated rings. The van der Waals surface area contributed by atoms with E-state index in [4.69, 9.17) is 47.4 Å². The number of rotatable bonds is 16. The van der Waals surface area contributed by atoms with Crippen LogP contribution in [0.1, 0.15) is 35.5 Å². The molecule has 3 aliphatic heterocycles. The fourth-order valence-electron chi connectivity index (χ4n) is 7.24. The third-order valence-corrected chi connectivity index (χ3v) is 9.97. The third kappa shape index (κ3) is 10.4. The number of ether oxygens (including phenoxy) is 10. The molecule has 0 bridgehead atoms. The Labute approximate surface area is 331 Å². The second-order valence-corrected chi connectivity index (χ2v) is 13.9. The maximum absolute atomic E-state index is 12.5. The van der Waals surface area contributed by atoms with Crippen molar-refractivity contribution in [2.75, 3.05) is 20.3 Å². The van der Waals surface area contributed by atoms with Crippen LogP contribution in [0.4, 0.5) is 0 Å².